The Morgan fingerprint density at radius 1 is 1.43 bits per heavy atom. The third-order valence-corrected chi connectivity index (χ3v) is 4.60. The van der Waals surface area contributed by atoms with Gasteiger partial charge < -0.3 is 4.90 Å². The largest absolute Gasteiger partial charge is 0.336 e. The molecule has 0 unspecified atom stereocenters. The molecule has 8 heteroatoms. The SMILES string of the molecule is CN(Cc1ccc(Br)s1)C(=O)c1cc(Cl)ccc1[N+](=O)[O-]. The van der Waals surface area contributed by atoms with Crippen LogP contribution >= 0.6 is 38.9 Å². The number of nitro groups is 1. The molecule has 0 N–H and O–H groups in total. The lowest BCUT2D eigenvalue weighted by molar-refractivity contribution is -0.385. The Bertz CT molecular complexity index is 704. The summed E-state index contributed by atoms with van der Waals surface area (Å²) in [7, 11) is 1.60. The lowest BCUT2D eigenvalue weighted by atomic mass is 10.1. The van der Waals surface area contributed by atoms with Gasteiger partial charge in [0, 0.05) is 23.0 Å². The molecule has 2 aromatic rings. The van der Waals surface area contributed by atoms with Crippen molar-refractivity contribution in [3.05, 3.63) is 59.7 Å². The maximum Gasteiger partial charge on any atom is 0.282 e. The minimum Gasteiger partial charge on any atom is -0.336 e. The zero-order chi connectivity index (χ0) is 15.6. The third kappa shape index (κ3) is 3.81. The van der Waals surface area contributed by atoms with Crippen molar-refractivity contribution in [2.75, 3.05) is 7.05 Å². The molecule has 1 heterocycles. The molecule has 0 bridgehead atoms. The van der Waals surface area contributed by atoms with Gasteiger partial charge in [0.1, 0.15) is 5.56 Å². The first-order valence-electron chi connectivity index (χ1n) is 5.82. The van der Waals surface area contributed by atoms with Gasteiger partial charge in [-0.2, -0.15) is 0 Å². The number of hydrogen-bond acceptors (Lipinski definition) is 4. The highest BCUT2D eigenvalue weighted by molar-refractivity contribution is 9.11. The molecule has 110 valence electrons. The molecule has 0 fully saturated rings. The number of benzene rings is 1. The van der Waals surface area contributed by atoms with Crippen LogP contribution in [0.15, 0.2) is 34.1 Å². The maximum absolute atomic E-state index is 12.4. The summed E-state index contributed by atoms with van der Waals surface area (Å²) in [5, 5.41) is 11.3. The number of thiophene rings is 1. The van der Waals surface area contributed by atoms with Crippen molar-refractivity contribution < 1.29 is 9.72 Å². The van der Waals surface area contributed by atoms with E-state index in [9.17, 15) is 14.9 Å². The first-order valence-corrected chi connectivity index (χ1v) is 7.81. The van der Waals surface area contributed by atoms with Gasteiger partial charge in [0.2, 0.25) is 0 Å². The summed E-state index contributed by atoms with van der Waals surface area (Å²) >= 11 is 10.7. The highest BCUT2D eigenvalue weighted by Gasteiger charge is 2.23. The summed E-state index contributed by atoms with van der Waals surface area (Å²) < 4.78 is 0.965. The Hall–Kier alpha value is -1.44. The van der Waals surface area contributed by atoms with Crippen molar-refractivity contribution in [2.45, 2.75) is 6.54 Å². The lowest BCUT2D eigenvalue weighted by Gasteiger charge is -2.16. The Morgan fingerprint density at radius 3 is 2.71 bits per heavy atom. The molecular weight excluding hydrogens is 380 g/mol. The van der Waals surface area contributed by atoms with Gasteiger partial charge in [-0.05, 0) is 40.2 Å². The summed E-state index contributed by atoms with van der Waals surface area (Å²) in [5.41, 5.74) is -0.255. The number of nitrogens with zero attached hydrogens (tertiary/aromatic N) is 2. The Morgan fingerprint density at radius 2 is 2.14 bits per heavy atom. The van der Waals surface area contributed by atoms with E-state index in [1.165, 1.54) is 34.4 Å². The van der Waals surface area contributed by atoms with Crippen molar-refractivity contribution in [2.24, 2.45) is 0 Å². The summed E-state index contributed by atoms with van der Waals surface area (Å²) in [4.78, 5) is 25.2. The van der Waals surface area contributed by atoms with Crippen LogP contribution in [-0.4, -0.2) is 22.8 Å². The normalized spacial score (nSPS) is 10.4. The molecule has 0 aliphatic carbocycles. The van der Waals surface area contributed by atoms with Crippen LogP contribution in [0.2, 0.25) is 5.02 Å². The molecular formula is C13H10BrClN2O3S. The van der Waals surface area contributed by atoms with Gasteiger partial charge in [0.25, 0.3) is 11.6 Å². The molecule has 0 aliphatic heterocycles. The summed E-state index contributed by atoms with van der Waals surface area (Å²) in [6.07, 6.45) is 0. The van der Waals surface area contributed by atoms with Gasteiger partial charge in [-0.25, -0.2) is 0 Å². The fourth-order valence-electron chi connectivity index (χ4n) is 1.79. The molecule has 0 saturated heterocycles. The number of carbonyl (C=O) groups excluding carboxylic acids is 1. The van der Waals surface area contributed by atoms with Gasteiger partial charge in [-0.15, -0.1) is 11.3 Å². The standard InChI is InChI=1S/C13H10BrClN2O3S/c1-16(7-9-3-5-12(14)21-9)13(18)10-6-8(15)2-4-11(10)17(19)20/h2-6H,7H2,1H3. The molecule has 1 aromatic heterocycles. The average molecular weight is 390 g/mol. The van der Waals surface area contributed by atoms with Crippen LogP contribution in [0.3, 0.4) is 0 Å². The molecule has 1 aromatic carbocycles. The second-order valence-electron chi connectivity index (χ2n) is 4.29. The maximum atomic E-state index is 12.4. The number of rotatable bonds is 4. The second-order valence-corrected chi connectivity index (χ2v) is 7.27. The van der Waals surface area contributed by atoms with Crippen LogP contribution in [0.5, 0.6) is 0 Å². The van der Waals surface area contributed by atoms with Crippen molar-refractivity contribution in [3.63, 3.8) is 0 Å². The van der Waals surface area contributed by atoms with Crippen molar-refractivity contribution in [1.82, 2.24) is 4.90 Å². The lowest BCUT2D eigenvalue weighted by Crippen LogP contribution is -2.26. The van der Waals surface area contributed by atoms with E-state index in [1.54, 1.807) is 7.05 Å². The zero-order valence-electron chi connectivity index (χ0n) is 10.9. The molecule has 0 atom stereocenters. The molecule has 2 rings (SSSR count). The second kappa shape index (κ2) is 6.55. The number of amides is 1. The molecule has 1 amide bonds. The smallest absolute Gasteiger partial charge is 0.282 e. The third-order valence-electron chi connectivity index (χ3n) is 2.75. The minimum atomic E-state index is -0.584. The van der Waals surface area contributed by atoms with Crippen LogP contribution in [-0.2, 0) is 6.54 Å². The predicted octanol–water partition coefficient (Wildman–Crippen LogP) is 4.34. The molecule has 0 aliphatic rings. The van der Waals surface area contributed by atoms with Crippen LogP contribution < -0.4 is 0 Å². The van der Waals surface area contributed by atoms with Crippen LogP contribution in [0.4, 0.5) is 5.69 Å². The first-order chi connectivity index (χ1) is 9.88. The zero-order valence-corrected chi connectivity index (χ0v) is 14.0. The van der Waals surface area contributed by atoms with Crippen molar-refractivity contribution >= 4 is 50.5 Å². The number of carbonyl (C=O) groups is 1. The fraction of sp³-hybridized carbons (Fsp3) is 0.154. The van der Waals surface area contributed by atoms with E-state index in [-0.39, 0.29) is 16.3 Å². The molecule has 21 heavy (non-hydrogen) atoms. The minimum absolute atomic E-state index is 0.00868. The van der Waals surface area contributed by atoms with E-state index in [4.69, 9.17) is 11.6 Å². The van der Waals surface area contributed by atoms with E-state index in [1.807, 2.05) is 12.1 Å². The first kappa shape index (κ1) is 15.9. The van der Waals surface area contributed by atoms with Gasteiger partial charge in [-0.1, -0.05) is 11.6 Å². The average Bonchev–Trinajstić information content (AvgIpc) is 2.82. The van der Waals surface area contributed by atoms with Crippen molar-refractivity contribution in [1.29, 1.82) is 0 Å². The van der Waals surface area contributed by atoms with E-state index >= 15 is 0 Å². The Labute approximate surface area is 138 Å². The van der Waals surface area contributed by atoms with Gasteiger partial charge in [0.15, 0.2) is 0 Å². The van der Waals surface area contributed by atoms with Crippen LogP contribution in [0.1, 0.15) is 15.2 Å². The highest BCUT2D eigenvalue weighted by atomic mass is 79.9. The number of nitro benzene ring substituents is 1. The van der Waals surface area contributed by atoms with Crippen molar-refractivity contribution in [3.8, 4) is 0 Å². The summed E-state index contributed by atoms with van der Waals surface area (Å²) in [6.45, 7) is 0.374. The summed E-state index contributed by atoms with van der Waals surface area (Å²) in [5.74, 6) is -0.436. The van der Waals surface area contributed by atoms with Crippen LogP contribution in [0, 0.1) is 10.1 Å². The number of halogens is 2. The van der Waals surface area contributed by atoms with E-state index in [0.29, 0.717) is 6.54 Å². The Balaban J connectivity index is 2.26. The highest BCUT2D eigenvalue weighted by Crippen LogP contribution is 2.26. The van der Waals surface area contributed by atoms with Gasteiger partial charge >= 0.3 is 0 Å². The van der Waals surface area contributed by atoms with E-state index in [0.717, 1.165) is 8.66 Å². The molecule has 0 radical (unpaired) electrons. The van der Waals surface area contributed by atoms with Gasteiger partial charge in [0.05, 0.1) is 15.3 Å². The van der Waals surface area contributed by atoms with Gasteiger partial charge in [-0.3, -0.25) is 14.9 Å². The summed E-state index contributed by atoms with van der Waals surface area (Å²) in [6, 6.07) is 7.74. The fourth-order valence-corrected chi connectivity index (χ4v) is 3.50. The molecule has 5 nitrogen and oxygen atoms in total. The number of hydrogen-bond donors (Lipinski definition) is 0. The topological polar surface area (TPSA) is 63.5 Å². The molecule has 0 spiro atoms. The van der Waals surface area contributed by atoms with E-state index < -0.39 is 10.8 Å². The van der Waals surface area contributed by atoms with E-state index in [2.05, 4.69) is 15.9 Å². The Kier molecular flexibility index (Phi) is 4.97. The quantitative estimate of drug-likeness (QED) is 0.577. The van der Waals surface area contributed by atoms with Crippen LogP contribution in [0.25, 0.3) is 0 Å². The monoisotopic (exact) mass is 388 g/mol. The molecule has 0 saturated carbocycles. The predicted molar refractivity (Wildman–Crippen MR) is 85.9 cm³/mol.